The monoisotopic (exact) mass is 504 g/mol. The first-order valence-corrected chi connectivity index (χ1v) is 10.7. The standard InChI is InChI=1S/C20H24O13S/c1-11(21)27-25-10-16-17(31-28-12(2)22)18(32-29-13(3)23)19(33-30-14(4)24)20(26-16)34-15-8-6-5-7-9-15/h5-9,16-20H,10H2,1-4H3/t16-,17+,18+,19-,20+/m1/s1. The molecule has 0 N–H and O–H groups in total. The Labute approximate surface area is 198 Å². The van der Waals surface area contributed by atoms with Crippen LogP contribution in [-0.4, -0.2) is 60.3 Å². The molecule has 34 heavy (non-hydrogen) atoms. The highest BCUT2D eigenvalue weighted by Crippen LogP contribution is 2.37. The first kappa shape index (κ1) is 27.5. The van der Waals surface area contributed by atoms with E-state index >= 15 is 0 Å². The molecule has 1 heterocycles. The first-order valence-electron chi connectivity index (χ1n) is 9.86. The highest BCUT2D eigenvalue weighted by Gasteiger charge is 2.53. The Morgan fingerprint density at radius 2 is 1.24 bits per heavy atom. The number of thioether (sulfide) groups is 1. The van der Waals surface area contributed by atoms with Crippen molar-refractivity contribution in [1.82, 2.24) is 0 Å². The molecule has 0 unspecified atom stereocenters. The van der Waals surface area contributed by atoms with Crippen LogP contribution >= 0.6 is 11.8 Å². The first-order chi connectivity index (χ1) is 16.2. The molecule has 1 aliphatic rings. The maximum atomic E-state index is 11.4. The van der Waals surface area contributed by atoms with E-state index in [9.17, 15) is 19.2 Å². The topological polar surface area (TPSA) is 151 Å². The van der Waals surface area contributed by atoms with Crippen LogP contribution in [0.15, 0.2) is 35.2 Å². The molecular weight excluding hydrogens is 480 g/mol. The quantitative estimate of drug-likeness (QED) is 0.317. The fourth-order valence-electron chi connectivity index (χ4n) is 2.62. The van der Waals surface area contributed by atoms with E-state index < -0.39 is 60.3 Å². The Hall–Kier alpha value is -2.75. The van der Waals surface area contributed by atoms with Gasteiger partial charge in [0.1, 0.15) is 18.1 Å². The number of carbonyl (C=O) groups excluding carboxylic acids is 4. The Morgan fingerprint density at radius 1 is 0.735 bits per heavy atom. The molecule has 13 nitrogen and oxygen atoms in total. The predicted octanol–water partition coefficient (Wildman–Crippen LogP) is 1.59. The van der Waals surface area contributed by atoms with Gasteiger partial charge in [0.15, 0.2) is 18.3 Å². The van der Waals surface area contributed by atoms with Crippen LogP contribution < -0.4 is 0 Å². The van der Waals surface area contributed by atoms with Crippen LogP contribution in [-0.2, 0) is 63.0 Å². The lowest BCUT2D eigenvalue weighted by atomic mass is 10.0. The zero-order valence-corrected chi connectivity index (χ0v) is 19.5. The Kier molecular flexibility index (Phi) is 11.2. The number of hydrogen-bond donors (Lipinski definition) is 0. The number of hydrogen-bond acceptors (Lipinski definition) is 14. The lowest BCUT2D eigenvalue weighted by Gasteiger charge is -2.42. The summed E-state index contributed by atoms with van der Waals surface area (Å²) in [6, 6.07) is 8.95. The van der Waals surface area contributed by atoms with Crippen molar-refractivity contribution >= 4 is 35.6 Å². The van der Waals surface area contributed by atoms with E-state index in [1.165, 1.54) is 0 Å². The van der Waals surface area contributed by atoms with Gasteiger partial charge >= 0.3 is 23.9 Å². The molecule has 1 fully saturated rings. The zero-order chi connectivity index (χ0) is 25.1. The van der Waals surface area contributed by atoms with Gasteiger partial charge in [0.2, 0.25) is 0 Å². The molecule has 1 aromatic rings. The van der Waals surface area contributed by atoms with Crippen molar-refractivity contribution in [2.75, 3.05) is 6.61 Å². The lowest BCUT2D eigenvalue weighted by molar-refractivity contribution is -0.432. The minimum atomic E-state index is -1.37. The molecule has 0 radical (unpaired) electrons. The van der Waals surface area contributed by atoms with E-state index in [0.29, 0.717) is 0 Å². The van der Waals surface area contributed by atoms with Gasteiger partial charge < -0.3 is 4.74 Å². The summed E-state index contributed by atoms with van der Waals surface area (Å²) in [7, 11) is 0. The van der Waals surface area contributed by atoms with E-state index in [1.54, 1.807) is 24.3 Å². The third-order valence-corrected chi connectivity index (χ3v) is 4.98. The number of rotatable bonds is 11. The average Bonchev–Trinajstić information content (AvgIpc) is 2.76. The van der Waals surface area contributed by atoms with Gasteiger partial charge in [-0.05, 0) is 12.1 Å². The van der Waals surface area contributed by atoms with Gasteiger partial charge in [-0.25, -0.2) is 19.2 Å². The predicted molar refractivity (Wildman–Crippen MR) is 109 cm³/mol. The third kappa shape index (κ3) is 9.24. The van der Waals surface area contributed by atoms with Crippen molar-refractivity contribution < 1.29 is 63.0 Å². The van der Waals surface area contributed by atoms with Gasteiger partial charge in [-0.15, -0.1) is 0 Å². The minimum absolute atomic E-state index is 0.405. The summed E-state index contributed by atoms with van der Waals surface area (Å²) in [5, 5.41) is 0. The van der Waals surface area contributed by atoms with Gasteiger partial charge in [0, 0.05) is 32.6 Å². The molecule has 0 amide bonds. The van der Waals surface area contributed by atoms with E-state index in [4.69, 9.17) is 29.2 Å². The Balaban J connectivity index is 2.38. The van der Waals surface area contributed by atoms with E-state index in [2.05, 4.69) is 14.7 Å². The average molecular weight is 504 g/mol. The lowest BCUT2D eigenvalue weighted by Crippen LogP contribution is -2.60. The van der Waals surface area contributed by atoms with Gasteiger partial charge in [-0.1, -0.05) is 30.0 Å². The summed E-state index contributed by atoms with van der Waals surface area (Å²) < 4.78 is 5.99. The molecule has 0 spiro atoms. The van der Waals surface area contributed by atoms with Gasteiger partial charge in [0.05, 0.1) is 0 Å². The summed E-state index contributed by atoms with van der Waals surface area (Å²) in [6.07, 6.45) is -5.10. The second-order valence-electron chi connectivity index (χ2n) is 6.74. The Bertz CT molecular complexity index is 833. The molecule has 0 aliphatic carbocycles. The second-order valence-corrected chi connectivity index (χ2v) is 7.91. The Morgan fingerprint density at radius 3 is 1.76 bits per heavy atom. The molecule has 188 valence electrons. The maximum Gasteiger partial charge on any atom is 0.339 e. The van der Waals surface area contributed by atoms with E-state index in [0.717, 1.165) is 44.4 Å². The summed E-state index contributed by atoms with van der Waals surface area (Å²) >= 11 is 1.15. The summed E-state index contributed by atoms with van der Waals surface area (Å²) in [5.74, 6) is -3.15. The van der Waals surface area contributed by atoms with Crippen molar-refractivity contribution in [3.63, 3.8) is 0 Å². The smallest absolute Gasteiger partial charge is 0.339 e. The fourth-order valence-corrected chi connectivity index (χ4v) is 3.74. The van der Waals surface area contributed by atoms with Crippen LogP contribution in [0.4, 0.5) is 0 Å². The maximum absolute atomic E-state index is 11.4. The summed E-state index contributed by atoms with van der Waals surface area (Å²) in [4.78, 5) is 85.0. The van der Waals surface area contributed by atoms with Crippen molar-refractivity contribution in [3.05, 3.63) is 30.3 Å². The number of ether oxygens (including phenoxy) is 1. The summed E-state index contributed by atoms with van der Waals surface area (Å²) in [6.45, 7) is 3.99. The van der Waals surface area contributed by atoms with E-state index in [-0.39, 0.29) is 0 Å². The number of carbonyl (C=O) groups is 4. The molecular formula is C20H24O13S. The zero-order valence-electron chi connectivity index (χ0n) is 18.7. The van der Waals surface area contributed by atoms with Crippen LogP contribution in [0.3, 0.4) is 0 Å². The second kappa shape index (κ2) is 13.8. The van der Waals surface area contributed by atoms with Gasteiger partial charge in [-0.3, -0.25) is 19.6 Å². The minimum Gasteiger partial charge on any atom is -0.355 e. The fraction of sp³-hybridized carbons (Fsp3) is 0.500. The van der Waals surface area contributed by atoms with Crippen molar-refractivity contribution in [2.45, 2.75) is 62.4 Å². The molecule has 1 aliphatic heterocycles. The van der Waals surface area contributed by atoms with Crippen molar-refractivity contribution in [3.8, 4) is 0 Å². The van der Waals surface area contributed by atoms with E-state index in [1.807, 2.05) is 6.07 Å². The molecule has 5 atom stereocenters. The van der Waals surface area contributed by atoms with Gasteiger partial charge in [0.25, 0.3) is 0 Å². The van der Waals surface area contributed by atoms with Crippen LogP contribution in [0.5, 0.6) is 0 Å². The van der Waals surface area contributed by atoms with Crippen molar-refractivity contribution in [2.24, 2.45) is 0 Å². The molecule has 1 aromatic carbocycles. The highest BCUT2D eigenvalue weighted by molar-refractivity contribution is 7.99. The van der Waals surface area contributed by atoms with Crippen LogP contribution in [0.1, 0.15) is 27.7 Å². The molecule has 0 saturated carbocycles. The third-order valence-electron chi connectivity index (χ3n) is 3.82. The number of benzene rings is 1. The largest absolute Gasteiger partial charge is 0.355 e. The van der Waals surface area contributed by atoms with Crippen molar-refractivity contribution in [1.29, 1.82) is 0 Å². The normalized spacial score (nSPS) is 24.1. The summed E-state index contributed by atoms with van der Waals surface area (Å²) in [5.41, 5.74) is -0.967. The molecule has 1 saturated heterocycles. The molecule has 14 heteroatoms. The van der Waals surface area contributed by atoms with Crippen LogP contribution in [0, 0.1) is 0 Å². The SMILES string of the molecule is CC(=O)OOC[C@H]1O[C@@H](Sc2ccccc2)[C@H](OOC(C)=O)[C@@H](OOC(C)=O)[C@H]1OOC(C)=O. The van der Waals surface area contributed by atoms with Crippen LogP contribution in [0.25, 0.3) is 0 Å². The van der Waals surface area contributed by atoms with Gasteiger partial charge in [-0.2, -0.15) is 19.6 Å². The molecule has 2 rings (SSSR count). The highest BCUT2D eigenvalue weighted by atomic mass is 32.2. The molecule has 0 aromatic heterocycles. The van der Waals surface area contributed by atoms with Crippen LogP contribution in [0.2, 0.25) is 0 Å². The molecule has 0 bridgehead atoms.